The summed E-state index contributed by atoms with van der Waals surface area (Å²) in [6, 6.07) is 0.695. The summed E-state index contributed by atoms with van der Waals surface area (Å²) < 4.78 is 0. The Bertz CT molecular complexity index is 459. The van der Waals surface area contributed by atoms with Crippen molar-refractivity contribution >= 4 is 17.4 Å². The summed E-state index contributed by atoms with van der Waals surface area (Å²) in [5.41, 5.74) is 1.12. The number of halogens is 1. The van der Waals surface area contributed by atoms with Crippen LogP contribution < -0.4 is 4.90 Å². The van der Waals surface area contributed by atoms with E-state index in [0.29, 0.717) is 11.2 Å². The minimum Gasteiger partial charge on any atom is -0.355 e. The Morgan fingerprint density at radius 2 is 2.05 bits per heavy atom. The second-order valence-corrected chi connectivity index (χ2v) is 6.21. The molecule has 1 aromatic rings. The first-order chi connectivity index (χ1) is 9.79. The molecule has 2 fully saturated rings. The molecule has 3 heterocycles. The monoisotopic (exact) mass is 294 g/mol. The minimum atomic E-state index is 0.626. The molecule has 0 amide bonds. The standard InChI is InChI=1S/C15H23ClN4/c1-2-5-13-14(16)17-11-18-15(13)20-9-6-12(10-20)19-7-3-4-8-19/h11-12H,2-10H2,1H3. The Balaban J connectivity index is 1.75. The van der Waals surface area contributed by atoms with E-state index in [1.54, 1.807) is 6.33 Å². The number of hydrogen-bond acceptors (Lipinski definition) is 4. The largest absolute Gasteiger partial charge is 0.355 e. The Labute approximate surface area is 126 Å². The molecule has 0 radical (unpaired) electrons. The third-order valence-electron chi connectivity index (χ3n) is 4.49. The van der Waals surface area contributed by atoms with Gasteiger partial charge in [0.2, 0.25) is 0 Å². The highest BCUT2D eigenvalue weighted by molar-refractivity contribution is 6.30. The summed E-state index contributed by atoms with van der Waals surface area (Å²) in [7, 11) is 0. The van der Waals surface area contributed by atoms with Crippen LogP contribution in [0.4, 0.5) is 5.82 Å². The van der Waals surface area contributed by atoms with Crippen LogP contribution in [0.2, 0.25) is 5.15 Å². The van der Waals surface area contributed by atoms with Gasteiger partial charge in [0.1, 0.15) is 17.3 Å². The topological polar surface area (TPSA) is 32.3 Å². The van der Waals surface area contributed by atoms with E-state index in [1.807, 2.05) is 0 Å². The molecule has 0 N–H and O–H groups in total. The first kappa shape index (κ1) is 14.1. The number of nitrogens with zero attached hydrogens (tertiary/aromatic N) is 4. The maximum Gasteiger partial charge on any atom is 0.137 e. The smallest absolute Gasteiger partial charge is 0.137 e. The van der Waals surface area contributed by atoms with Gasteiger partial charge in [-0.05, 0) is 38.8 Å². The van der Waals surface area contributed by atoms with E-state index >= 15 is 0 Å². The molecule has 3 rings (SSSR count). The second-order valence-electron chi connectivity index (χ2n) is 5.85. The fourth-order valence-corrected chi connectivity index (χ4v) is 3.68. The summed E-state index contributed by atoms with van der Waals surface area (Å²) in [4.78, 5) is 13.7. The lowest BCUT2D eigenvalue weighted by atomic mass is 10.2. The average Bonchev–Trinajstić information content (AvgIpc) is 3.11. The summed E-state index contributed by atoms with van der Waals surface area (Å²) in [6.45, 7) is 6.88. The Kier molecular flexibility index (Phi) is 4.41. The Morgan fingerprint density at radius 3 is 2.80 bits per heavy atom. The molecule has 2 aliphatic rings. The molecular formula is C15H23ClN4. The van der Waals surface area contributed by atoms with Crippen molar-refractivity contribution in [1.29, 1.82) is 0 Å². The van der Waals surface area contributed by atoms with Gasteiger partial charge in [-0.25, -0.2) is 9.97 Å². The van der Waals surface area contributed by atoms with Crippen LogP contribution >= 0.6 is 11.6 Å². The molecule has 110 valence electrons. The quantitative estimate of drug-likeness (QED) is 0.799. The van der Waals surface area contributed by atoms with Crippen molar-refractivity contribution in [2.45, 2.75) is 45.1 Å². The zero-order chi connectivity index (χ0) is 13.9. The van der Waals surface area contributed by atoms with Gasteiger partial charge in [0.15, 0.2) is 0 Å². The van der Waals surface area contributed by atoms with Gasteiger partial charge in [-0.15, -0.1) is 0 Å². The first-order valence-electron chi connectivity index (χ1n) is 7.78. The van der Waals surface area contributed by atoms with Crippen molar-refractivity contribution in [3.63, 3.8) is 0 Å². The number of aromatic nitrogens is 2. The van der Waals surface area contributed by atoms with Crippen molar-refractivity contribution in [2.75, 3.05) is 31.1 Å². The van der Waals surface area contributed by atoms with E-state index in [-0.39, 0.29) is 0 Å². The van der Waals surface area contributed by atoms with Gasteiger partial charge >= 0.3 is 0 Å². The summed E-state index contributed by atoms with van der Waals surface area (Å²) in [6.07, 6.45) is 7.59. The maximum absolute atomic E-state index is 6.26. The predicted octanol–water partition coefficient (Wildman–Crippen LogP) is 2.76. The van der Waals surface area contributed by atoms with Crippen LogP contribution in [0.1, 0.15) is 38.2 Å². The molecule has 0 aromatic carbocycles. The zero-order valence-electron chi connectivity index (χ0n) is 12.2. The third kappa shape index (κ3) is 2.77. The molecule has 1 atom stereocenters. The summed E-state index contributed by atoms with van der Waals surface area (Å²) in [5, 5.41) is 0.626. The van der Waals surface area contributed by atoms with Crippen molar-refractivity contribution in [3.8, 4) is 0 Å². The van der Waals surface area contributed by atoms with Gasteiger partial charge in [0, 0.05) is 24.7 Å². The van der Waals surface area contributed by atoms with E-state index in [1.165, 1.54) is 32.4 Å². The van der Waals surface area contributed by atoms with E-state index < -0.39 is 0 Å². The average molecular weight is 295 g/mol. The van der Waals surface area contributed by atoms with Crippen LogP contribution in [0, 0.1) is 0 Å². The van der Waals surface area contributed by atoms with E-state index in [2.05, 4.69) is 26.7 Å². The minimum absolute atomic E-state index is 0.626. The van der Waals surface area contributed by atoms with Gasteiger partial charge < -0.3 is 4.90 Å². The number of likely N-dealkylation sites (tertiary alicyclic amines) is 1. The molecule has 0 aliphatic carbocycles. The van der Waals surface area contributed by atoms with Crippen LogP contribution in [-0.4, -0.2) is 47.1 Å². The highest BCUT2D eigenvalue weighted by atomic mass is 35.5. The van der Waals surface area contributed by atoms with Crippen molar-refractivity contribution in [3.05, 3.63) is 17.0 Å². The first-order valence-corrected chi connectivity index (χ1v) is 8.15. The molecule has 1 aromatic heterocycles. The molecule has 0 saturated carbocycles. The SMILES string of the molecule is CCCc1c(Cl)ncnc1N1CCC(N2CCCC2)C1. The van der Waals surface area contributed by atoms with Gasteiger partial charge in [-0.3, -0.25) is 4.90 Å². The molecule has 1 unspecified atom stereocenters. The van der Waals surface area contributed by atoms with Crippen LogP contribution in [-0.2, 0) is 6.42 Å². The normalized spacial score (nSPS) is 23.7. The zero-order valence-corrected chi connectivity index (χ0v) is 12.9. The lowest BCUT2D eigenvalue weighted by Gasteiger charge is -2.25. The molecule has 4 nitrogen and oxygen atoms in total. The molecule has 2 aliphatic heterocycles. The lowest BCUT2D eigenvalue weighted by Crippen LogP contribution is -2.35. The molecule has 0 spiro atoms. The molecule has 2 saturated heterocycles. The van der Waals surface area contributed by atoms with Crippen LogP contribution in [0.15, 0.2) is 6.33 Å². The molecule has 5 heteroatoms. The molecular weight excluding hydrogens is 272 g/mol. The molecule has 20 heavy (non-hydrogen) atoms. The summed E-state index contributed by atoms with van der Waals surface area (Å²) >= 11 is 6.26. The van der Waals surface area contributed by atoms with E-state index in [4.69, 9.17) is 11.6 Å². The predicted molar refractivity (Wildman–Crippen MR) is 82.5 cm³/mol. The van der Waals surface area contributed by atoms with E-state index in [0.717, 1.165) is 37.3 Å². The van der Waals surface area contributed by atoms with Crippen molar-refractivity contribution in [1.82, 2.24) is 14.9 Å². The van der Waals surface area contributed by atoms with Gasteiger partial charge in [-0.1, -0.05) is 24.9 Å². The second kappa shape index (κ2) is 6.27. The fourth-order valence-electron chi connectivity index (χ4n) is 3.46. The van der Waals surface area contributed by atoms with Crippen LogP contribution in [0.3, 0.4) is 0 Å². The number of anilines is 1. The fraction of sp³-hybridized carbons (Fsp3) is 0.733. The number of rotatable bonds is 4. The maximum atomic E-state index is 6.26. The van der Waals surface area contributed by atoms with Gasteiger partial charge in [0.05, 0.1) is 0 Å². The Morgan fingerprint density at radius 1 is 1.25 bits per heavy atom. The van der Waals surface area contributed by atoms with Gasteiger partial charge in [0.25, 0.3) is 0 Å². The third-order valence-corrected chi connectivity index (χ3v) is 4.82. The highest BCUT2D eigenvalue weighted by Crippen LogP contribution is 2.29. The molecule has 0 bridgehead atoms. The lowest BCUT2D eigenvalue weighted by molar-refractivity contribution is 0.260. The highest BCUT2D eigenvalue weighted by Gasteiger charge is 2.31. The van der Waals surface area contributed by atoms with Crippen molar-refractivity contribution in [2.24, 2.45) is 0 Å². The van der Waals surface area contributed by atoms with Gasteiger partial charge in [-0.2, -0.15) is 0 Å². The van der Waals surface area contributed by atoms with E-state index in [9.17, 15) is 0 Å². The summed E-state index contributed by atoms with van der Waals surface area (Å²) in [5.74, 6) is 1.06. The van der Waals surface area contributed by atoms with Crippen molar-refractivity contribution < 1.29 is 0 Å². The van der Waals surface area contributed by atoms with Crippen LogP contribution in [0.25, 0.3) is 0 Å². The van der Waals surface area contributed by atoms with Crippen LogP contribution in [0.5, 0.6) is 0 Å². The Hall–Kier alpha value is -0.870. The number of hydrogen-bond donors (Lipinski definition) is 0.